The monoisotopic (exact) mass is 376 g/mol. The number of ether oxygens (including phenoxy) is 2. The van der Waals surface area contributed by atoms with E-state index in [9.17, 15) is 14.9 Å². The minimum atomic E-state index is -0.583. The van der Waals surface area contributed by atoms with Gasteiger partial charge in [-0.15, -0.1) is 5.10 Å². The molecule has 134 valence electrons. The minimum Gasteiger partial charge on any atom is -0.497 e. The molecule has 0 aliphatic carbocycles. The number of carbonyl (C=O) groups is 1. The van der Waals surface area contributed by atoms with Gasteiger partial charge < -0.3 is 13.9 Å². The van der Waals surface area contributed by atoms with Crippen molar-refractivity contribution in [1.82, 2.24) is 10.2 Å². The summed E-state index contributed by atoms with van der Waals surface area (Å²) in [5.74, 6) is 0.606. The van der Waals surface area contributed by atoms with Crippen LogP contribution in [0.5, 0.6) is 11.5 Å². The zero-order valence-electron chi connectivity index (χ0n) is 13.6. The first-order chi connectivity index (χ1) is 12.5. The molecule has 0 aliphatic rings. The maximum absolute atomic E-state index is 12.1. The fourth-order valence-electron chi connectivity index (χ4n) is 2.06. The van der Waals surface area contributed by atoms with Gasteiger partial charge in [-0.25, -0.2) is 0 Å². The predicted molar refractivity (Wildman–Crippen MR) is 91.8 cm³/mol. The summed E-state index contributed by atoms with van der Waals surface area (Å²) in [6, 6.07) is 7.50. The Bertz CT molecular complexity index is 967. The molecule has 0 atom stereocenters. The van der Waals surface area contributed by atoms with Crippen molar-refractivity contribution >= 4 is 28.3 Å². The van der Waals surface area contributed by atoms with Crippen molar-refractivity contribution in [3.63, 3.8) is 0 Å². The van der Waals surface area contributed by atoms with Gasteiger partial charge in [-0.3, -0.25) is 20.2 Å². The number of thiophene rings is 1. The lowest BCUT2D eigenvalue weighted by atomic mass is 10.2. The molecular formula is C15H12N4O6S. The fourth-order valence-corrected chi connectivity index (χ4v) is 2.78. The van der Waals surface area contributed by atoms with E-state index >= 15 is 0 Å². The van der Waals surface area contributed by atoms with E-state index in [2.05, 4.69) is 15.5 Å². The molecule has 2 heterocycles. The van der Waals surface area contributed by atoms with E-state index in [-0.39, 0.29) is 21.8 Å². The van der Waals surface area contributed by atoms with Gasteiger partial charge >= 0.3 is 11.0 Å². The van der Waals surface area contributed by atoms with Crippen LogP contribution in [0.15, 0.2) is 34.7 Å². The third-order valence-corrected chi connectivity index (χ3v) is 4.32. The van der Waals surface area contributed by atoms with Crippen LogP contribution >= 0.6 is 11.3 Å². The second-order valence-electron chi connectivity index (χ2n) is 4.83. The number of amides is 1. The summed E-state index contributed by atoms with van der Waals surface area (Å²) in [6.07, 6.45) is 0. The molecule has 0 fully saturated rings. The first-order valence-corrected chi connectivity index (χ1v) is 7.95. The van der Waals surface area contributed by atoms with E-state index in [1.807, 2.05) is 0 Å². The highest BCUT2D eigenvalue weighted by Crippen LogP contribution is 2.33. The van der Waals surface area contributed by atoms with Crippen molar-refractivity contribution < 1.29 is 23.6 Å². The Hall–Kier alpha value is -3.47. The number of rotatable bonds is 6. The van der Waals surface area contributed by atoms with E-state index in [4.69, 9.17) is 13.9 Å². The molecule has 3 aromatic rings. The number of anilines is 1. The lowest BCUT2D eigenvalue weighted by molar-refractivity contribution is -0.380. The summed E-state index contributed by atoms with van der Waals surface area (Å²) < 4.78 is 15.8. The third kappa shape index (κ3) is 3.47. The maximum Gasteiger partial charge on any atom is 0.324 e. The average molecular weight is 376 g/mol. The summed E-state index contributed by atoms with van der Waals surface area (Å²) in [4.78, 5) is 22.4. The first kappa shape index (κ1) is 17.4. The zero-order chi connectivity index (χ0) is 18.7. The number of nitro groups is 1. The molecule has 0 bridgehead atoms. The molecule has 1 N–H and O–H groups in total. The Morgan fingerprint density at radius 2 is 2.04 bits per heavy atom. The highest BCUT2D eigenvalue weighted by Gasteiger charge is 2.19. The van der Waals surface area contributed by atoms with Gasteiger partial charge in [-0.2, -0.15) is 0 Å². The smallest absolute Gasteiger partial charge is 0.324 e. The Morgan fingerprint density at radius 3 is 2.69 bits per heavy atom. The van der Waals surface area contributed by atoms with Crippen molar-refractivity contribution in [3.05, 3.63) is 45.3 Å². The molecule has 0 radical (unpaired) electrons. The maximum atomic E-state index is 12.1. The number of nitrogens with zero attached hydrogens (tertiary/aromatic N) is 3. The van der Waals surface area contributed by atoms with Gasteiger partial charge in [0.1, 0.15) is 11.5 Å². The van der Waals surface area contributed by atoms with Crippen molar-refractivity contribution in [2.45, 2.75) is 0 Å². The number of hydrogen-bond acceptors (Lipinski definition) is 9. The standard InChI is InChI=1S/C15H12N4O6S/c1-23-8-3-4-9(10(7-8)24-2)14-17-18-15(25-14)16-13(20)11-5-6-12(26-11)19(21)22/h3-7H,1-2H3,(H,16,18,20). The minimum absolute atomic E-state index is 0.135. The highest BCUT2D eigenvalue weighted by molar-refractivity contribution is 7.17. The Labute approximate surface area is 150 Å². The second-order valence-corrected chi connectivity index (χ2v) is 5.89. The number of nitrogens with one attached hydrogen (secondary N) is 1. The van der Waals surface area contributed by atoms with Gasteiger partial charge in [0.05, 0.1) is 29.6 Å². The van der Waals surface area contributed by atoms with Gasteiger partial charge in [0.15, 0.2) is 0 Å². The van der Waals surface area contributed by atoms with Crippen LogP contribution in [0.2, 0.25) is 0 Å². The molecule has 10 nitrogen and oxygen atoms in total. The van der Waals surface area contributed by atoms with E-state index in [0.717, 1.165) is 11.3 Å². The molecule has 11 heteroatoms. The molecule has 0 unspecified atom stereocenters. The summed E-state index contributed by atoms with van der Waals surface area (Å²) >= 11 is 0.747. The first-order valence-electron chi connectivity index (χ1n) is 7.13. The topological polar surface area (TPSA) is 130 Å². The normalized spacial score (nSPS) is 10.4. The van der Waals surface area contributed by atoms with Crippen molar-refractivity contribution in [1.29, 1.82) is 0 Å². The summed E-state index contributed by atoms with van der Waals surface area (Å²) in [5.41, 5.74) is 0.521. The van der Waals surface area contributed by atoms with Gasteiger partial charge in [0, 0.05) is 12.1 Å². The van der Waals surface area contributed by atoms with Crippen LogP contribution in [-0.2, 0) is 0 Å². The van der Waals surface area contributed by atoms with Crippen molar-refractivity contribution in [2.75, 3.05) is 19.5 Å². The van der Waals surface area contributed by atoms with E-state index in [0.29, 0.717) is 17.1 Å². The number of hydrogen-bond donors (Lipinski definition) is 1. The van der Waals surface area contributed by atoms with Gasteiger partial charge in [0.2, 0.25) is 0 Å². The van der Waals surface area contributed by atoms with Crippen LogP contribution in [0.1, 0.15) is 9.67 Å². The van der Waals surface area contributed by atoms with Crippen LogP contribution < -0.4 is 14.8 Å². The van der Waals surface area contributed by atoms with E-state index in [1.54, 1.807) is 18.2 Å². The number of carbonyl (C=O) groups excluding carboxylic acids is 1. The lowest BCUT2D eigenvalue weighted by Crippen LogP contribution is -2.10. The van der Waals surface area contributed by atoms with Gasteiger partial charge in [-0.05, 0) is 18.2 Å². The SMILES string of the molecule is COc1ccc(-c2nnc(NC(=O)c3ccc([N+](=O)[O-])s3)o2)c(OC)c1. The molecule has 0 saturated carbocycles. The molecule has 1 aromatic carbocycles. The van der Waals surface area contributed by atoms with Crippen LogP contribution in [-0.4, -0.2) is 35.2 Å². The number of benzene rings is 1. The van der Waals surface area contributed by atoms with Crippen LogP contribution in [0.25, 0.3) is 11.5 Å². The molecule has 0 saturated heterocycles. The lowest BCUT2D eigenvalue weighted by Gasteiger charge is -2.07. The molecule has 3 rings (SSSR count). The summed E-state index contributed by atoms with van der Waals surface area (Å²) in [6.45, 7) is 0. The molecular weight excluding hydrogens is 364 g/mol. The van der Waals surface area contributed by atoms with Crippen LogP contribution in [0.3, 0.4) is 0 Å². The fraction of sp³-hybridized carbons (Fsp3) is 0.133. The summed E-state index contributed by atoms with van der Waals surface area (Å²) in [7, 11) is 3.02. The Kier molecular flexibility index (Phi) is 4.80. The molecule has 0 spiro atoms. The van der Waals surface area contributed by atoms with E-state index < -0.39 is 10.8 Å². The Balaban J connectivity index is 1.79. The van der Waals surface area contributed by atoms with Gasteiger partial charge in [-0.1, -0.05) is 16.4 Å². The second kappa shape index (κ2) is 7.19. The van der Waals surface area contributed by atoms with Crippen molar-refractivity contribution in [3.8, 4) is 23.0 Å². The van der Waals surface area contributed by atoms with Crippen LogP contribution in [0, 0.1) is 10.1 Å². The quantitative estimate of drug-likeness (QED) is 0.513. The van der Waals surface area contributed by atoms with Crippen LogP contribution in [0.4, 0.5) is 11.0 Å². The molecule has 1 amide bonds. The molecule has 2 aromatic heterocycles. The molecule has 0 aliphatic heterocycles. The average Bonchev–Trinajstić information content (AvgIpc) is 3.30. The van der Waals surface area contributed by atoms with Crippen molar-refractivity contribution in [2.24, 2.45) is 0 Å². The third-order valence-electron chi connectivity index (χ3n) is 3.28. The Morgan fingerprint density at radius 1 is 1.23 bits per heavy atom. The number of methoxy groups -OCH3 is 2. The zero-order valence-corrected chi connectivity index (χ0v) is 14.4. The largest absolute Gasteiger partial charge is 0.497 e. The van der Waals surface area contributed by atoms with E-state index in [1.165, 1.54) is 26.4 Å². The summed E-state index contributed by atoms with van der Waals surface area (Å²) in [5, 5.41) is 20.6. The number of aromatic nitrogens is 2. The highest BCUT2D eigenvalue weighted by atomic mass is 32.1. The molecule has 26 heavy (non-hydrogen) atoms. The predicted octanol–water partition coefficient (Wildman–Crippen LogP) is 2.98. The van der Waals surface area contributed by atoms with Gasteiger partial charge in [0.25, 0.3) is 11.8 Å².